The van der Waals surface area contributed by atoms with Crippen molar-refractivity contribution in [3.8, 4) is 0 Å². The van der Waals surface area contributed by atoms with E-state index in [4.69, 9.17) is 0 Å². The van der Waals surface area contributed by atoms with Crippen LogP contribution in [0.4, 0.5) is 17.6 Å². The zero-order valence-corrected chi connectivity index (χ0v) is 8.65. The van der Waals surface area contributed by atoms with Gasteiger partial charge in [0, 0.05) is 11.5 Å². The van der Waals surface area contributed by atoms with Gasteiger partial charge in [-0.05, 0) is 24.6 Å². The maximum Gasteiger partial charge on any atom is 0.431 e. The van der Waals surface area contributed by atoms with Gasteiger partial charge in [0.05, 0.1) is 5.52 Å². The molecule has 0 radical (unpaired) electrons. The van der Waals surface area contributed by atoms with Crippen molar-refractivity contribution in [2.75, 3.05) is 0 Å². The van der Waals surface area contributed by atoms with E-state index in [1.165, 1.54) is 6.07 Å². The van der Waals surface area contributed by atoms with Crippen LogP contribution in [0.1, 0.15) is 11.3 Å². The van der Waals surface area contributed by atoms with Crippen molar-refractivity contribution in [2.24, 2.45) is 0 Å². The number of H-pyrrole nitrogens is 1. The fourth-order valence-corrected chi connectivity index (χ4v) is 1.60. The highest BCUT2D eigenvalue weighted by atomic mass is 19.4. The van der Waals surface area contributed by atoms with Crippen LogP contribution in [0.3, 0.4) is 0 Å². The summed E-state index contributed by atoms with van der Waals surface area (Å²) in [5, 5.41) is -0.0875. The van der Waals surface area contributed by atoms with Crippen LogP contribution in [0.5, 0.6) is 0 Å². The van der Waals surface area contributed by atoms with Gasteiger partial charge >= 0.3 is 6.18 Å². The molecule has 1 aromatic carbocycles. The fraction of sp³-hybridized carbons (Fsp3) is 0.182. The predicted molar refractivity (Wildman–Crippen MR) is 54.3 cm³/mol. The molecule has 2 nitrogen and oxygen atoms in total. The van der Waals surface area contributed by atoms with Crippen molar-refractivity contribution < 1.29 is 17.6 Å². The third-order valence-electron chi connectivity index (χ3n) is 2.34. The lowest BCUT2D eigenvalue weighted by Gasteiger charge is -2.08. The molecule has 0 fully saturated rings. The molecule has 0 unspecified atom stereocenters. The lowest BCUT2D eigenvalue weighted by molar-refractivity contribution is -0.141. The summed E-state index contributed by atoms with van der Waals surface area (Å²) in [6.45, 7) is 1.56. The van der Waals surface area contributed by atoms with E-state index in [0.717, 1.165) is 6.07 Å². The zero-order chi connectivity index (χ0) is 12.8. The van der Waals surface area contributed by atoms with Crippen LogP contribution < -0.4 is 5.43 Å². The summed E-state index contributed by atoms with van der Waals surface area (Å²) in [6.07, 6.45) is -4.70. The molecule has 0 atom stereocenters. The van der Waals surface area contributed by atoms with Gasteiger partial charge in [-0.25, -0.2) is 4.39 Å². The topological polar surface area (TPSA) is 32.9 Å². The van der Waals surface area contributed by atoms with E-state index in [1.54, 1.807) is 6.92 Å². The third-order valence-corrected chi connectivity index (χ3v) is 2.34. The molecular formula is C11H7F4NO. The molecule has 1 aromatic heterocycles. The van der Waals surface area contributed by atoms with Gasteiger partial charge in [-0.15, -0.1) is 0 Å². The van der Waals surface area contributed by atoms with Crippen molar-refractivity contribution in [2.45, 2.75) is 13.1 Å². The average molecular weight is 245 g/mol. The molecule has 0 bridgehead atoms. The molecule has 2 rings (SSSR count). The molecule has 1 heterocycles. The fourth-order valence-electron chi connectivity index (χ4n) is 1.60. The minimum atomic E-state index is -4.70. The molecule has 90 valence electrons. The van der Waals surface area contributed by atoms with E-state index < -0.39 is 28.6 Å². The highest BCUT2D eigenvalue weighted by Gasteiger charge is 2.32. The van der Waals surface area contributed by atoms with Crippen LogP contribution in [0.15, 0.2) is 23.0 Å². The highest BCUT2D eigenvalue weighted by Crippen LogP contribution is 2.28. The quantitative estimate of drug-likeness (QED) is 0.711. The molecule has 6 heteroatoms. The van der Waals surface area contributed by atoms with E-state index in [9.17, 15) is 22.4 Å². The number of hydrogen-bond acceptors (Lipinski definition) is 1. The molecule has 17 heavy (non-hydrogen) atoms. The van der Waals surface area contributed by atoms with E-state index in [1.807, 2.05) is 4.98 Å². The maximum absolute atomic E-state index is 13.5. The summed E-state index contributed by atoms with van der Waals surface area (Å²) in [4.78, 5) is 13.4. The van der Waals surface area contributed by atoms with E-state index in [-0.39, 0.29) is 5.39 Å². The van der Waals surface area contributed by atoms with Gasteiger partial charge in [0.15, 0.2) is 5.43 Å². The summed E-state index contributed by atoms with van der Waals surface area (Å²) < 4.78 is 50.7. The average Bonchev–Trinajstić information content (AvgIpc) is 2.17. The first-order valence-electron chi connectivity index (χ1n) is 4.69. The van der Waals surface area contributed by atoms with E-state index in [0.29, 0.717) is 11.6 Å². The van der Waals surface area contributed by atoms with Crippen LogP contribution in [0.2, 0.25) is 0 Å². The molecule has 0 saturated carbocycles. The molecule has 0 saturated heterocycles. The second kappa shape index (κ2) is 3.58. The van der Waals surface area contributed by atoms with Crippen LogP contribution >= 0.6 is 0 Å². The number of fused-ring (bicyclic) bond motifs is 1. The standard InChI is InChI=1S/C11H7F4NO/c1-5-2-6-8(17)4-9(11(13,14)15)16-10(6)7(12)3-5/h2-4H,1H3,(H,16,17). The Balaban J connectivity index is 2.88. The van der Waals surface area contributed by atoms with Gasteiger partial charge in [0.2, 0.25) is 0 Å². The summed E-state index contributed by atoms with van der Waals surface area (Å²) in [6, 6.07) is 2.84. The van der Waals surface area contributed by atoms with Crippen molar-refractivity contribution in [3.63, 3.8) is 0 Å². The summed E-state index contributed by atoms with van der Waals surface area (Å²) >= 11 is 0. The Morgan fingerprint density at radius 3 is 2.41 bits per heavy atom. The first-order chi connectivity index (χ1) is 7.79. The predicted octanol–water partition coefficient (Wildman–Crippen LogP) is 2.99. The summed E-state index contributed by atoms with van der Waals surface area (Å²) in [5.41, 5.74) is -2.05. The van der Waals surface area contributed by atoms with Crippen LogP contribution in [-0.2, 0) is 6.18 Å². The van der Waals surface area contributed by atoms with Gasteiger partial charge < -0.3 is 4.98 Å². The second-order valence-electron chi connectivity index (χ2n) is 3.71. The molecule has 0 aliphatic heterocycles. The largest absolute Gasteiger partial charge is 0.431 e. The Labute approximate surface area is 92.9 Å². The first-order valence-corrected chi connectivity index (χ1v) is 4.69. The Hall–Kier alpha value is -1.85. The van der Waals surface area contributed by atoms with Crippen LogP contribution in [0, 0.1) is 12.7 Å². The summed E-state index contributed by atoms with van der Waals surface area (Å²) in [7, 11) is 0. The van der Waals surface area contributed by atoms with Gasteiger partial charge in [0.1, 0.15) is 11.5 Å². The van der Waals surface area contributed by atoms with E-state index >= 15 is 0 Å². The SMILES string of the molecule is Cc1cc(F)c2[nH]c(C(F)(F)F)cc(=O)c2c1. The monoisotopic (exact) mass is 245 g/mol. The maximum atomic E-state index is 13.5. The van der Waals surface area contributed by atoms with Crippen molar-refractivity contribution in [3.05, 3.63) is 45.5 Å². The number of rotatable bonds is 0. The first kappa shape index (κ1) is 11.6. The number of aromatic amines is 1. The van der Waals surface area contributed by atoms with Crippen molar-refractivity contribution in [1.82, 2.24) is 4.98 Å². The van der Waals surface area contributed by atoms with Gasteiger partial charge in [-0.3, -0.25) is 4.79 Å². The lowest BCUT2D eigenvalue weighted by atomic mass is 10.1. The van der Waals surface area contributed by atoms with Crippen molar-refractivity contribution in [1.29, 1.82) is 0 Å². The smallest absolute Gasteiger partial charge is 0.348 e. The molecule has 1 N–H and O–H groups in total. The number of aryl methyl sites for hydroxylation is 1. The minimum absolute atomic E-state index is 0.0875. The molecule has 0 spiro atoms. The van der Waals surface area contributed by atoms with Crippen LogP contribution in [0.25, 0.3) is 10.9 Å². The van der Waals surface area contributed by atoms with Crippen LogP contribution in [-0.4, -0.2) is 4.98 Å². The number of nitrogens with one attached hydrogen (secondary N) is 1. The zero-order valence-electron chi connectivity index (χ0n) is 8.65. The summed E-state index contributed by atoms with van der Waals surface area (Å²) in [5.74, 6) is -0.872. The van der Waals surface area contributed by atoms with Crippen molar-refractivity contribution >= 4 is 10.9 Å². The minimum Gasteiger partial charge on any atom is -0.348 e. The molecule has 0 amide bonds. The number of pyridine rings is 1. The van der Waals surface area contributed by atoms with Gasteiger partial charge in [0.25, 0.3) is 0 Å². The Morgan fingerprint density at radius 1 is 1.18 bits per heavy atom. The Morgan fingerprint density at radius 2 is 1.82 bits per heavy atom. The molecular weight excluding hydrogens is 238 g/mol. The normalized spacial score (nSPS) is 12.1. The number of aromatic nitrogens is 1. The third kappa shape index (κ3) is 2.02. The number of benzene rings is 1. The van der Waals surface area contributed by atoms with Gasteiger partial charge in [-0.1, -0.05) is 0 Å². The molecule has 0 aliphatic rings. The Kier molecular flexibility index (Phi) is 2.45. The molecule has 0 aliphatic carbocycles. The Bertz CT molecular complexity index is 642. The second-order valence-corrected chi connectivity index (χ2v) is 3.71. The number of alkyl halides is 3. The highest BCUT2D eigenvalue weighted by molar-refractivity contribution is 5.80. The van der Waals surface area contributed by atoms with Gasteiger partial charge in [-0.2, -0.15) is 13.2 Å². The van der Waals surface area contributed by atoms with E-state index in [2.05, 4.69) is 0 Å². The lowest BCUT2D eigenvalue weighted by Crippen LogP contribution is -2.14. The number of halogens is 4. The molecule has 2 aromatic rings. The number of hydrogen-bond donors (Lipinski definition) is 1.